The Morgan fingerprint density at radius 1 is 1.07 bits per heavy atom. The van der Waals surface area contributed by atoms with Gasteiger partial charge in [-0.25, -0.2) is 9.97 Å². The van der Waals surface area contributed by atoms with Crippen molar-refractivity contribution < 1.29 is 4.74 Å². The number of hydrogen-bond donors (Lipinski definition) is 1. The number of halogens is 3. The minimum Gasteiger partial charge on any atom is -0.454 e. The summed E-state index contributed by atoms with van der Waals surface area (Å²) < 4.78 is 5.74. The van der Waals surface area contributed by atoms with Gasteiger partial charge in [-0.15, -0.1) is 4.91 Å². The standard InChI is InChI=1S/C19H15Cl3N4O2/c1-11-17(22)19(25-10-24-11)23-7-6-12-2-4-14(5-3-12)28-18-15(20)8-13(26-27)9-16(18)21/h2-5,8-10H,6-7H2,1H3,(H,23,24,25). The smallest absolute Gasteiger partial charge is 0.164 e. The molecule has 0 bridgehead atoms. The first-order valence-corrected chi connectivity index (χ1v) is 9.41. The average molecular weight is 438 g/mol. The molecule has 0 saturated heterocycles. The van der Waals surface area contributed by atoms with E-state index < -0.39 is 0 Å². The van der Waals surface area contributed by atoms with Gasteiger partial charge in [0.25, 0.3) is 0 Å². The Morgan fingerprint density at radius 3 is 2.39 bits per heavy atom. The van der Waals surface area contributed by atoms with Gasteiger partial charge in [-0.3, -0.25) is 0 Å². The van der Waals surface area contributed by atoms with Crippen molar-refractivity contribution >= 4 is 46.3 Å². The number of rotatable bonds is 7. The summed E-state index contributed by atoms with van der Waals surface area (Å²) in [5, 5.41) is 6.97. The van der Waals surface area contributed by atoms with Crippen molar-refractivity contribution in [3.8, 4) is 11.5 Å². The molecular formula is C19H15Cl3N4O2. The molecule has 3 aromatic rings. The Kier molecular flexibility index (Phi) is 6.67. The minimum atomic E-state index is 0.143. The SMILES string of the molecule is Cc1ncnc(NCCc2ccc(Oc3c(Cl)cc(N=O)cc3Cl)cc2)c1Cl. The number of hydrogen-bond acceptors (Lipinski definition) is 6. The highest BCUT2D eigenvalue weighted by Crippen LogP contribution is 2.39. The van der Waals surface area contributed by atoms with E-state index in [4.69, 9.17) is 39.5 Å². The van der Waals surface area contributed by atoms with Crippen molar-refractivity contribution in [3.63, 3.8) is 0 Å². The number of anilines is 1. The number of aryl methyl sites for hydroxylation is 1. The largest absolute Gasteiger partial charge is 0.454 e. The molecule has 0 unspecified atom stereocenters. The Hall–Kier alpha value is -2.41. The van der Waals surface area contributed by atoms with Crippen molar-refractivity contribution in [1.82, 2.24) is 9.97 Å². The second-order valence-corrected chi connectivity index (χ2v) is 7.07. The van der Waals surface area contributed by atoms with E-state index in [1.54, 1.807) is 0 Å². The maximum atomic E-state index is 10.6. The van der Waals surface area contributed by atoms with Gasteiger partial charge in [-0.2, -0.15) is 0 Å². The summed E-state index contributed by atoms with van der Waals surface area (Å²) in [6.45, 7) is 2.49. The lowest BCUT2D eigenvalue weighted by molar-refractivity contribution is 0.483. The lowest BCUT2D eigenvalue weighted by Crippen LogP contribution is -2.07. The van der Waals surface area contributed by atoms with Crippen LogP contribution in [0.15, 0.2) is 47.9 Å². The van der Waals surface area contributed by atoms with Gasteiger partial charge in [-0.1, -0.05) is 46.9 Å². The van der Waals surface area contributed by atoms with E-state index >= 15 is 0 Å². The fourth-order valence-corrected chi connectivity index (χ4v) is 3.16. The predicted molar refractivity (Wildman–Crippen MR) is 112 cm³/mol. The predicted octanol–water partition coefficient (Wildman–Crippen LogP) is 6.59. The molecule has 3 rings (SSSR count). The zero-order valence-corrected chi connectivity index (χ0v) is 17.0. The lowest BCUT2D eigenvalue weighted by atomic mass is 10.1. The van der Waals surface area contributed by atoms with Gasteiger partial charge in [0.15, 0.2) is 5.75 Å². The van der Waals surface area contributed by atoms with Crippen LogP contribution in [0.5, 0.6) is 11.5 Å². The van der Waals surface area contributed by atoms with Crippen LogP contribution in [0, 0.1) is 11.8 Å². The van der Waals surface area contributed by atoms with E-state index in [1.807, 2.05) is 31.2 Å². The highest BCUT2D eigenvalue weighted by molar-refractivity contribution is 6.37. The minimum absolute atomic E-state index is 0.143. The summed E-state index contributed by atoms with van der Waals surface area (Å²) in [6, 6.07) is 10.3. The van der Waals surface area contributed by atoms with Gasteiger partial charge >= 0.3 is 0 Å². The molecule has 0 fully saturated rings. The highest BCUT2D eigenvalue weighted by Gasteiger charge is 2.11. The molecule has 0 atom stereocenters. The fourth-order valence-electron chi connectivity index (χ4n) is 2.45. The third kappa shape index (κ3) is 4.90. The summed E-state index contributed by atoms with van der Waals surface area (Å²) in [5.41, 5.74) is 1.97. The molecule has 144 valence electrons. The normalized spacial score (nSPS) is 10.6. The fraction of sp³-hybridized carbons (Fsp3) is 0.158. The molecule has 1 heterocycles. The maximum Gasteiger partial charge on any atom is 0.164 e. The number of ether oxygens (including phenoxy) is 1. The van der Waals surface area contributed by atoms with Crippen LogP contribution >= 0.6 is 34.8 Å². The molecule has 0 spiro atoms. The molecular weight excluding hydrogens is 423 g/mol. The van der Waals surface area contributed by atoms with Crippen molar-refractivity contribution in [2.24, 2.45) is 5.18 Å². The zero-order valence-electron chi connectivity index (χ0n) is 14.7. The van der Waals surface area contributed by atoms with E-state index in [2.05, 4.69) is 20.5 Å². The van der Waals surface area contributed by atoms with Crippen LogP contribution in [0.1, 0.15) is 11.3 Å². The lowest BCUT2D eigenvalue weighted by Gasteiger charge is -2.11. The molecule has 2 aromatic carbocycles. The second kappa shape index (κ2) is 9.19. The van der Waals surface area contributed by atoms with Crippen LogP contribution in [-0.4, -0.2) is 16.5 Å². The van der Waals surface area contributed by atoms with Gasteiger partial charge in [0.1, 0.15) is 28.6 Å². The second-order valence-electron chi connectivity index (χ2n) is 5.87. The van der Waals surface area contributed by atoms with E-state index in [-0.39, 0.29) is 21.5 Å². The Balaban J connectivity index is 1.61. The topological polar surface area (TPSA) is 76.5 Å². The number of nitrogens with one attached hydrogen (secondary N) is 1. The third-order valence-corrected chi connectivity index (χ3v) is 4.92. The first-order valence-electron chi connectivity index (χ1n) is 8.28. The molecule has 0 radical (unpaired) electrons. The maximum absolute atomic E-state index is 10.6. The van der Waals surface area contributed by atoms with E-state index in [0.717, 1.165) is 17.7 Å². The van der Waals surface area contributed by atoms with Crippen LogP contribution in [0.4, 0.5) is 11.5 Å². The Morgan fingerprint density at radius 2 is 1.75 bits per heavy atom. The van der Waals surface area contributed by atoms with Crippen molar-refractivity contribution in [1.29, 1.82) is 0 Å². The van der Waals surface area contributed by atoms with Crippen LogP contribution in [0.25, 0.3) is 0 Å². The van der Waals surface area contributed by atoms with Gasteiger partial charge < -0.3 is 10.1 Å². The first-order chi connectivity index (χ1) is 13.5. The van der Waals surface area contributed by atoms with Crippen molar-refractivity contribution in [3.05, 3.63) is 74.0 Å². The molecule has 0 aliphatic heterocycles. The molecule has 0 aliphatic rings. The molecule has 0 amide bonds. The van der Waals surface area contributed by atoms with Crippen molar-refractivity contribution in [2.45, 2.75) is 13.3 Å². The van der Waals surface area contributed by atoms with E-state index in [0.29, 0.717) is 23.1 Å². The number of nitrogens with zero attached hydrogens (tertiary/aromatic N) is 3. The molecule has 1 aromatic heterocycles. The molecule has 28 heavy (non-hydrogen) atoms. The number of aromatic nitrogens is 2. The molecule has 6 nitrogen and oxygen atoms in total. The van der Waals surface area contributed by atoms with Gasteiger partial charge in [0.2, 0.25) is 0 Å². The third-order valence-electron chi connectivity index (χ3n) is 3.90. The Labute approximate surface area is 176 Å². The number of nitroso groups, excluding NO2 is 1. The van der Waals surface area contributed by atoms with E-state index in [1.165, 1.54) is 18.5 Å². The highest BCUT2D eigenvalue weighted by atomic mass is 35.5. The molecule has 1 N–H and O–H groups in total. The summed E-state index contributed by atoms with van der Waals surface area (Å²) in [6.07, 6.45) is 2.24. The van der Waals surface area contributed by atoms with Crippen LogP contribution in [0.2, 0.25) is 15.1 Å². The van der Waals surface area contributed by atoms with Gasteiger partial charge in [-0.05, 0) is 48.4 Å². The van der Waals surface area contributed by atoms with Crippen LogP contribution in [-0.2, 0) is 6.42 Å². The number of benzene rings is 2. The van der Waals surface area contributed by atoms with Crippen molar-refractivity contribution in [2.75, 3.05) is 11.9 Å². The average Bonchev–Trinajstić information content (AvgIpc) is 2.69. The van der Waals surface area contributed by atoms with Crippen LogP contribution < -0.4 is 10.1 Å². The summed E-state index contributed by atoms with van der Waals surface area (Å²) in [4.78, 5) is 18.8. The quantitative estimate of drug-likeness (QED) is 0.422. The first kappa shape index (κ1) is 20.3. The van der Waals surface area contributed by atoms with E-state index in [9.17, 15) is 4.91 Å². The van der Waals surface area contributed by atoms with Crippen LogP contribution in [0.3, 0.4) is 0 Å². The Bertz CT molecular complexity index is 974. The summed E-state index contributed by atoms with van der Waals surface area (Å²) in [7, 11) is 0. The monoisotopic (exact) mass is 436 g/mol. The molecule has 0 aliphatic carbocycles. The van der Waals surface area contributed by atoms with Gasteiger partial charge in [0.05, 0.1) is 15.7 Å². The zero-order chi connectivity index (χ0) is 20.1. The summed E-state index contributed by atoms with van der Waals surface area (Å²) in [5.74, 6) is 1.47. The van der Waals surface area contributed by atoms with Gasteiger partial charge in [0, 0.05) is 6.54 Å². The molecule has 0 saturated carbocycles. The molecule has 9 heteroatoms. The summed E-state index contributed by atoms with van der Waals surface area (Å²) >= 11 is 18.4.